The summed E-state index contributed by atoms with van der Waals surface area (Å²) in [6.45, 7) is 0. The van der Waals surface area contributed by atoms with E-state index in [2.05, 4.69) is 5.92 Å². The van der Waals surface area contributed by atoms with Crippen molar-refractivity contribution in [1.82, 2.24) is 0 Å². The second kappa shape index (κ2) is 3.34. The second-order valence-corrected chi connectivity index (χ2v) is 1.80. The Kier molecular flexibility index (Phi) is 3.05. The highest BCUT2D eigenvalue weighted by molar-refractivity contribution is 6.30. The lowest BCUT2D eigenvalue weighted by Crippen LogP contribution is -2.22. The van der Waals surface area contributed by atoms with E-state index in [-0.39, 0.29) is 6.42 Å². The monoisotopic (exact) mass is 131 g/mol. The van der Waals surface area contributed by atoms with Crippen LogP contribution in [0.15, 0.2) is 0 Å². The van der Waals surface area contributed by atoms with E-state index in [1.807, 2.05) is 0 Å². The number of halogens is 1. The Balaban J connectivity index is 3.52. The van der Waals surface area contributed by atoms with Crippen LogP contribution in [0, 0.1) is 12.3 Å². The number of hydrogen-bond acceptors (Lipinski definition) is 1. The highest BCUT2D eigenvalue weighted by Gasteiger charge is 2.07. The lowest BCUT2D eigenvalue weighted by Gasteiger charge is -1.95. The number of primary amides is 1. The van der Waals surface area contributed by atoms with Crippen molar-refractivity contribution in [3.05, 3.63) is 0 Å². The van der Waals surface area contributed by atoms with E-state index in [9.17, 15) is 4.79 Å². The molecule has 0 heterocycles. The molecule has 0 saturated carbocycles. The maximum atomic E-state index is 10.1. The van der Waals surface area contributed by atoms with E-state index in [1.54, 1.807) is 0 Å². The molecule has 1 atom stereocenters. The molecular formula is C5H6ClNO. The number of nitrogens with two attached hydrogens (primary N) is 1. The second-order valence-electron chi connectivity index (χ2n) is 1.28. The predicted octanol–water partition coefficient (Wildman–Crippen LogP) is 0.102. The third kappa shape index (κ3) is 2.49. The molecule has 1 unspecified atom stereocenters. The number of terminal acetylenes is 1. The van der Waals surface area contributed by atoms with E-state index in [4.69, 9.17) is 23.8 Å². The number of amides is 1. The first-order valence-corrected chi connectivity index (χ1v) is 2.49. The quantitative estimate of drug-likeness (QED) is 0.419. The van der Waals surface area contributed by atoms with Crippen LogP contribution in [-0.4, -0.2) is 11.3 Å². The molecule has 0 spiro atoms. The Bertz CT molecular complexity index is 127. The lowest BCUT2D eigenvalue weighted by molar-refractivity contribution is -0.117. The fraction of sp³-hybridized carbons (Fsp3) is 0.400. The Morgan fingerprint density at radius 2 is 2.50 bits per heavy atom. The summed E-state index contributed by atoms with van der Waals surface area (Å²) in [5.74, 6) is 1.65. The van der Waals surface area contributed by atoms with E-state index in [0.717, 1.165) is 0 Å². The molecule has 0 aromatic carbocycles. The van der Waals surface area contributed by atoms with Gasteiger partial charge in [0, 0.05) is 6.42 Å². The summed E-state index contributed by atoms with van der Waals surface area (Å²) < 4.78 is 0. The highest BCUT2D eigenvalue weighted by Crippen LogP contribution is 1.97. The van der Waals surface area contributed by atoms with Crippen LogP contribution in [0.3, 0.4) is 0 Å². The zero-order chi connectivity index (χ0) is 6.57. The molecule has 0 aliphatic rings. The zero-order valence-corrected chi connectivity index (χ0v) is 4.98. The number of rotatable bonds is 2. The van der Waals surface area contributed by atoms with Crippen molar-refractivity contribution in [2.45, 2.75) is 11.8 Å². The van der Waals surface area contributed by atoms with Crippen molar-refractivity contribution in [1.29, 1.82) is 0 Å². The average Bonchev–Trinajstić information content (AvgIpc) is 1.67. The number of carbonyl (C=O) groups excluding carboxylic acids is 1. The van der Waals surface area contributed by atoms with Crippen LogP contribution in [0.1, 0.15) is 6.42 Å². The molecule has 0 aliphatic heterocycles. The topological polar surface area (TPSA) is 43.1 Å². The van der Waals surface area contributed by atoms with Crippen LogP contribution in [0.25, 0.3) is 0 Å². The van der Waals surface area contributed by atoms with E-state index in [1.165, 1.54) is 0 Å². The summed E-state index contributed by atoms with van der Waals surface area (Å²) in [6.07, 6.45) is 5.03. The molecule has 2 N–H and O–H groups in total. The Morgan fingerprint density at radius 3 is 2.62 bits per heavy atom. The molecule has 0 aromatic rings. The SMILES string of the molecule is C#CCC(Cl)C(N)=O. The highest BCUT2D eigenvalue weighted by atomic mass is 35.5. The molecule has 0 rings (SSSR count). The molecule has 2 nitrogen and oxygen atoms in total. The van der Waals surface area contributed by atoms with Gasteiger partial charge in [-0.3, -0.25) is 4.79 Å². The molecule has 0 aliphatic carbocycles. The summed E-state index contributed by atoms with van der Waals surface area (Å²) in [5, 5.41) is -0.708. The third-order valence-corrected chi connectivity index (χ3v) is 0.975. The lowest BCUT2D eigenvalue weighted by atomic mass is 10.3. The van der Waals surface area contributed by atoms with Crippen molar-refractivity contribution in [3.8, 4) is 12.3 Å². The molecule has 0 aromatic heterocycles. The minimum absolute atomic E-state index is 0.205. The predicted molar refractivity (Wildman–Crippen MR) is 32.3 cm³/mol. The van der Waals surface area contributed by atoms with Gasteiger partial charge in [-0.05, 0) is 0 Å². The molecule has 44 valence electrons. The average molecular weight is 132 g/mol. The van der Waals surface area contributed by atoms with Crippen LogP contribution >= 0.6 is 11.6 Å². The van der Waals surface area contributed by atoms with Crippen molar-refractivity contribution in [3.63, 3.8) is 0 Å². The minimum atomic E-state index is -0.708. The van der Waals surface area contributed by atoms with Crippen molar-refractivity contribution in [2.24, 2.45) is 5.73 Å². The molecule has 0 radical (unpaired) electrons. The van der Waals surface area contributed by atoms with Gasteiger partial charge in [-0.25, -0.2) is 0 Å². The summed E-state index contributed by atoms with van der Waals surface area (Å²) in [7, 11) is 0. The van der Waals surface area contributed by atoms with Gasteiger partial charge < -0.3 is 5.73 Å². The van der Waals surface area contributed by atoms with Crippen LogP contribution < -0.4 is 5.73 Å². The van der Waals surface area contributed by atoms with E-state index in [0.29, 0.717) is 0 Å². The summed E-state index contributed by atoms with van der Waals surface area (Å²) in [6, 6.07) is 0. The molecule has 0 bridgehead atoms. The van der Waals surface area contributed by atoms with Crippen LogP contribution in [0.4, 0.5) is 0 Å². The maximum Gasteiger partial charge on any atom is 0.236 e. The summed E-state index contributed by atoms with van der Waals surface area (Å²) >= 11 is 5.30. The first-order valence-electron chi connectivity index (χ1n) is 2.05. The number of hydrogen-bond donors (Lipinski definition) is 1. The molecule has 0 saturated heterocycles. The van der Waals surface area contributed by atoms with Crippen molar-refractivity contribution >= 4 is 17.5 Å². The standard InChI is InChI=1S/C5H6ClNO/c1-2-3-4(6)5(7)8/h1,4H,3H2,(H2,7,8). The van der Waals surface area contributed by atoms with Crippen LogP contribution in [-0.2, 0) is 4.79 Å². The Hall–Kier alpha value is -0.680. The van der Waals surface area contributed by atoms with E-state index >= 15 is 0 Å². The number of carbonyl (C=O) groups is 1. The summed E-state index contributed by atoms with van der Waals surface area (Å²) in [5.41, 5.74) is 4.76. The normalized spacial score (nSPS) is 12.0. The molecule has 0 fully saturated rings. The van der Waals surface area contributed by atoms with Crippen LogP contribution in [0.2, 0.25) is 0 Å². The van der Waals surface area contributed by atoms with Gasteiger partial charge in [0.2, 0.25) is 5.91 Å². The largest absolute Gasteiger partial charge is 0.368 e. The van der Waals surface area contributed by atoms with Gasteiger partial charge in [0.05, 0.1) is 0 Å². The zero-order valence-electron chi connectivity index (χ0n) is 4.23. The molecular weight excluding hydrogens is 126 g/mol. The fourth-order valence-corrected chi connectivity index (χ4v) is 0.293. The third-order valence-electron chi connectivity index (χ3n) is 0.606. The Morgan fingerprint density at radius 1 is 2.00 bits per heavy atom. The molecule has 3 heteroatoms. The van der Waals surface area contributed by atoms with Crippen molar-refractivity contribution in [2.75, 3.05) is 0 Å². The first-order chi connectivity index (χ1) is 3.68. The van der Waals surface area contributed by atoms with Gasteiger partial charge in [-0.2, -0.15) is 0 Å². The number of alkyl halides is 1. The smallest absolute Gasteiger partial charge is 0.236 e. The van der Waals surface area contributed by atoms with Gasteiger partial charge in [0.25, 0.3) is 0 Å². The van der Waals surface area contributed by atoms with Gasteiger partial charge in [-0.15, -0.1) is 23.9 Å². The van der Waals surface area contributed by atoms with Gasteiger partial charge in [0.1, 0.15) is 5.38 Å². The molecule has 1 amide bonds. The Labute approximate surface area is 53.0 Å². The maximum absolute atomic E-state index is 10.1. The van der Waals surface area contributed by atoms with Crippen molar-refractivity contribution < 1.29 is 4.79 Å². The first kappa shape index (κ1) is 7.32. The van der Waals surface area contributed by atoms with Crippen LogP contribution in [0.5, 0.6) is 0 Å². The van der Waals surface area contributed by atoms with E-state index < -0.39 is 11.3 Å². The fourth-order valence-electron chi connectivity index (χ4n) is 0.204. The van der Waals surface area contributed by atoms with Gasteiger partial charge >= 0.3 is 0 Å². The van der Waals surface area contributed by atoms with Gasteiger partial charge in [0.15, 0.2) is 0 Å². The van der Waals surface area contributed by atoms with Gasteiger partial charge in [-0.1, -0.05) is 0 Å². The minimum Gasteiger partial charge on any atom is -0.368 e. The molecule has 8 heavy (non-hydrogen) atoms. The summed E-state index contributed by atoms with van der Waals surface area (Å²) in [4.78, 5) is 10.1.